The number of benzene rings is 2. The smallest absolute Gasteiger partial charge is 0.338 e. The van der Waals surface area contributed by atoms with Crippen molar-refractivity contribution >= 4 is 27.8 Å². The second-order valence-corrected chi connectivity index (χ2v) is 8.25. The Morgan fingerprint density at radius 2 is 1.81 bits per heavy atom. The van der Waals surface area contributed by atoms with Gasteiger partial charge in [0.2, 0.25) is 0 Å². The van der Waals surface area contributed by atoms with Gasteiger partial charge in [-0.15, -0.1) is 0 Å². The van der Waals surface area contributed by atoms with E-state index >= 15 is 0 Å². The molecule has 2 aromatic rings. The van der Waals surface area contributed by atoms with Crippen molar-refractivity contribution in [3.8, 4) is 11.5 Å². The molecule has 1 saturated heterocycles. The van der Waals surface area contributed by atoms with Crippen molar-refractivity contribution in [1.29, 1.82) is 0 Å². The second-order valence-electron chi connectivity index (χ2n) is 7.40. The molecular weight excluding hydrogens is 466 g/mol. The van der Waals surface area contributed by atoms with E-state index in [2.05, 4.69) is 15.9 Å². The van der Waals surface area contributed by atoms with Crippen LogP contribution >= 0.6 is 15.9 Å². The Morgan fingerprint density at radius 3 is 2.45 bits per heavy atom. The van der Waals surface area contributed by atoms with Gasteiger partial charge >= 0.3 is 5.97 Å². The van der Waals surface area contributed by atoms with Crippen molar-refractivity contribution in [2.24, 2.45) is 0 Å². The Hall–Kier alpha value is -2.58. The third-order valence-electron chi connectivity index (χ3n) is 4.79. The fraction of sp³-hybridized carbons (Fsp3) is 0.391. The highest BCUT2D eigenvalue weighted by Crippen LogP contribution is 2.37. The molecule has 0 N–H and O–H groups in total. The summed E-state index contributed by atoms with van der Waals surface area (Å²) in [5.74, 6) is 0.00944. The summed E-state index contributed by atoms with van der Waals surface area (Å²) in [5, 5.41) is 0. The third-order valence-corrected chi connectivity index (χ3v) is 5.38. The number of nitrogens with zero attached hydrogens (tertiary/aromatic N) is 1. The first-order valence-electron chi connectivity index (χ1n) is 10.0. The van der Waals surface area contributed by atoms with Gasteiger partial charge in [-0.2, -0.15) is 0 Å². The van der Waals surface area contributed by atoms with E-state index in [0.717, 1.165) is 5.56 Å². The zero-order valence-corrected chi connectivity index (χ0v) is 19.4. The van der Waals surface area contributed by atoms with Crippen LogP contribution in [0.2, 0.25) is 0 Å². The lowest BCUT2D eigenvalue weighted by Crippen LogP contribution is -2.49. The highest BCUT2D eigenvalue weighted by molar-refractivity contribution is 9.10. The van der Waals surface area contributed by atoms with Crippen LogP contribution in [0.4, 0.5) is 0 Å². The molecular formula is C23H26BrNO6. The quantitative estimate of drug-likeness (QED) is 0.548. The topological polar surface area (TPSA) is 74.3 Å². The number of amides is 1. The van der Waals surface area contributed by atoms with Gasteiger partial charge in [-0.05, 0) is 47.5 Å². The molecule has 1 aliphatic heterocycles. The van der Waals surface area contributed by atoms with Gasteiger partial charge in [-0.3, -0.25) is 4.79 Å². The molecule has 1 aliphatic rings. The Kier molecular flexibility index (Phi) is 7.92. The molecule has 0 radical (unpaired) electrons. The van der Waals surface area contributed by atoms with E-state index in [4.69, 9.17) is 18.9 Å². The first kappa shape index (κ1) is 23.1. The maximum absolute atomic E-state index is 12.5. The first-order valence-corrected chi connectivity index (χ1v) is 10.8. The number of ether oxygens (including phenoxy) is 4. The molecule has 0 aliphatic carbocycles. The number of halogens is 1. The predicted octanol–water partition coefficient (Wildman–Crippen LogP) is 3.83. The van der Waals surface area contributed by atoms with E-state index in [1.54, 1.807) is 11.0 Å². The summed E-state index contributed by atoms with van der Waals surface area (Å²) in [4.78, 5) is 26.6. The van der Waals surface area contributed by atoms with Crippen LogP contribution in [0.5, 0.6) is 11.5 Å². The summed E-state index contributed by atoms with van der Waals surface area (Å²) in [6.45, 7) is 4.80. The van der Waals surface area contributed by atoms with Crippen LogP contribution in [-0.4, -0.2) is 55.8 Å². The minimum absolute atomic E-state index is 0.0490. The summed E-state index contributed by atoms with van der Waals surface area (Å²) < 4.78 is 22.7. The van der Waals surface area contributed by atoms with Crippen LogP contribution < -0.4 is 9.47 Å². The number of morpholine rings is 1. The molecule has 0 saturated carbocycles. The van der Waals surface area contributed by atoms with Gasteiger partial charge < -0.3 is 23.8 Å². The van der Waals surface area contributed by atoms with Gasteiger partial charge in [0, 0.05) is 13.1 Å². The Bertz CT molecular complexity index is 910. The van der Waals surface area contributed by atoms with Gasteiger partial charge in [-0.25, -0.2) is 4.79 Å². The lowest BCUT2D eigenvalue weighted by Gasteiger charge is -2.35. The van der Waals surface area contributed by atoms with Crippen LogP contribution in [0.25, 0.3) is 0 Å². The normalized spacial score (nSPS) is 18.4. The molecule has 1 fully saturated rings. The van der Waals surface area contributed by atoms with Crippen molar-refractivity contribution in [3.63, 3.8) is 0 Å². The van der Waals surface area contributed by atoms with Crippen molar-refractivity contribution < 1.29 is 28.5 Å². The molecule has 7 nitrogen and oxygen atoms in total. The van der Waals surface area contributed by atoms with E-state index in [-0.39, 0.29) is 30.3 Å². The molecule has 2 aromatic carbocycles. The van der Waals surface area contributed by atoms with Crippen LogP contribution in [0.1, 0.15) is 29.8 Å². The van der Waals surface area contributed by atoms with Gasteiger partial charge in [0.15, 0.2) is 18.1 Å². The minimum atomic E-state index is -0.615. The summed E-state index contributed by atoms with van der Waals surface area (Å²) in [7, 11) is 1.50. The number of carbonyl (C=O) groups excluding carboxylic acids is 2. The summed E-state index contributed by atoms with van der Waals surface area (Å²) >= 11 is 3.43. The Morgan fingerprint density at radius 1 is 1.13 bits per heavy atom. The minimum Gasteiger partial charge on any atom is -0.493 e. The second kappa shape index (κ2) is 10.6. The largest absolute Gasteiger partial charge is 0.493 e. The van der Waals surface area contributed by atoms with Gasteiger partial charge in [0.1, 0.15) is 6.61 Å². The van der Waals surface area contributed by atoms with Crippen molar-refractivity contribution in [1.82, 2.24) is 4.90 Å². The van der Waals surface area contributed by atoms with Gasteiger partial charge in [-0.1, -0.05) is 30.3 Å². The molecule has 166 valence electrons. The van der Waals surface area contributed by atoms with Crippen LogP contribution in [-0.2, 0) is 20.9 Å². The average Bonchev–Trinajstić information content (AvgIpc) is 2.75. The summed E-state index contributed by atoms with van der Waals surface area (Å²) in [6, 6.07) is 12.8. The zero-order chi connectivity index (χ0) is 22.4. The average molecular weight is 492 g/mol. The molecule has 3 rings (SSSR count). The predicted molar refractivity (Wildman–Crippen MR) is 118 cm³/mol. The third kappa shape index (κ3) is 6.21. The van der Waals surface area contributed by atoms with E-state index in [1.165, 1.54) is 13.2 Å². The fourth-order valence-electron chi connectivity index (χ4n) is 3.39. The molecule has 1 heterocycles. The highest BCUT2D eigenvalue weighted by atomic mass is 79.9. The maximum Gasteiger partial charge on any atom is 0.338 e. The number of esters is 1. The molecule has 1 amide bonds. The SMILES string of the molecule is COc1cc(C(=O)OCC(=O)N2C[C@@H](C)O[C@H](C)C2)cc(Br)c1OCc1ccccc1. The number of hydrogen-bond acceptors (Lipinski definition) is 6. The fourth-order valence-corrected chi connectivity index (χ4v) is 3.95. The molecule has 0 bridgehead atoms. The Balaban J connectivity index is 1.63. The highest BCUT2D eigenvalue weighted by Gasteiger charge is 2.27. The van der Waals surface area contributed by atoms with Gasteiger partial charge in [0.25, 0.3) is 5.91 Å². The molecule has 0 unspecified atom stereocenters. The standard InChI is InChI=1S/C23H26BrNO6/c1-15-11-25(12-16(2)31-15)21(26)14-30-23(27)18-9-19(24)22(20(10-18)28-3)29-13-17-7-5-4-6-8-17/h4-10,15-16H,11-14H2,1-3H3/t15-,16-/m1/s1. The lowest BCUT2D eigenvalue weighted by molar-refractivity contribution is -0.146. The monoisotopic (exact) mass is 491 g/mol. The van der Waals surface area contributed by atoms with Crippen molar-refractivity contribution in [3.05, 3.63) is 58.1 Å². The lowest BCUT2D eigenvalue weighted by atomic mass is 10.2. The van der Waals surface area contributed by atoms with Gasteiger partial charge in [0.05, 0.1) is 29.4 Å². The summed E-state index contributed by atoms with van der Waals surface area (Å²) in [6.07, 6.45) is -0.0981. The molecule has 8 heteroatoms. The molecule has 31 heavy (non-hydrogen) atoms. The first-order chi connectivity index (χ1) is 14.9. The van der Waals surface area contributed by atoms with Crippen molar-refractivity contribution in [2.45, 2.75) is 32.7 Å². The van der Waals surface area contributed by atoms with Crippen LogP contribution in [0.3, 0.4) is 0 Å². The van der Waals surface area contributed by atoms with Crippen LogP contribution in [0.15, 0.2) is 46.9 Å². The van der Waals surface area contributed by atoms with E-state index in [9.17, 15) is 9.59 Å². The van der Waals surface area contributed by atoms with Crippen molar-refractivity contribution in [2.75, 3.05) is 26.8 Å². The number of hydrogen-bond donors (Lipinski definition) is 0. The maximum atomic E-state index is 12.5. The summed E-state index contributed by atoms with van der Waals surface area (Å²) in [5.41, 5.74) is 1.26. The number of methoxy groups -OCH3 is 1. The van der Waals surface area contributed by atoms with E-state index in [0.29, 0.717) is 35.7 Å². The number of carbonyl (C=O) groups is 2. The number of rotatable bonds is 7. The Labute approximate surface area is 190 Å². The van der Waals surface area contributed by atoms with E-state index < -0.39 is 5.97 Å². The zero-order valence-electron chi connectivity index (χ0n) is 17.8. The van der Waals surface area contributed by atoms with E-state index in [1.807, 2.05) is 44.2 Å². The van der Waals surface area contributed by atoms with Crippen LogP contribution in [0, 0.1) is 0 Å². The molecule has 0 aromatic heterocycles. The molecule has 0 spiro atoms. The molecule has 2 atom stereocenters.